The smallest absolute Gasteiger partial charge is 0.226 e. The number of hydrogen-bond donors (Lipinski definition) is 1. The molecule has 1 N–H and O–H groups in total. The molecule has 1 heterocycles. The Morgan fingerprint density at radius 3 is 3.00 bits per heavy atom. The molecule has 1 aromatic heterocycles. The van der Waals surface area contributed by atoms with E-state index in [9.17, 15) is 4.79 Å². The molecule has 0 saturated heterocycles. The molecule has 0 aliphatic heterocycles. The monoisotopic (exact) mass is 307 g/mol. The maximum Gasteiger partial charge on any atom is 0.226 e. The van der Waals surface area contributed by atoms with Crippen LogP contribution in [0.1, 0.15) is 30.9 Å². The van der Waals surface area contributed by atoms with Crippen LogP contribution in [-0.4, -0.2) is 16.1 Å². The molecule has 0 radical (unpaired) electrons. The highest BCUT2D eigenvalue weighted by Gasteiger charge is 2.08. The molecular weight excluding hydrogens is 290 g/mol. The number of nitrogens with zero attached hydrogens (tertiary/aromatic N) is 2. The van der Waals surface area contributed by atoms with Crippen molar-refractivity contribution in [1.82, 2.24) is 10.2 Å². The molecule has 20 heavy (non-hydrogen) atoms. The lowest BCUT2D eigenvalue weighted by Crippen LogP contribution is -2.10. The maximum atomic E-state index is 11.5. The van der Waals surface area contributed by atoms with E-state index in [2.05, 4.69) is 46.7 Å². The van der Waals surface area contributed by atoms with E-state index in [1.807, 2.05) is 6.92 Å². The fourth-order valence-corrected chi connectivity index (χ4v) is 3.39. The van der Waals surface area contributed by atoms with Gasteiger partial charge in [0, 0.05) is 12.2 Å². The number of carbonyl (C=O) groups excluding carboxylic acids is 1. The Bertz CT molecular complexity index is 583. The van der Waals surface area contributed by atoms with E-state index in [0.29, 0.717) is 11.6 Å². The summed E-state index contributed by atoms with van der Waals surface area (Å²) in [5.74, 6) is 0.859. The fourth-order valence-electron chi connectivity index (χ4n) is 1.67. The van der Waals surface area contributed by atoms with Crippen LogP contribution in [0.5, 0.6) is 0 Å². The van der Waals surface area contributed by atoms with Gasteiger partial charge in [0.15, 0.2) is 4.34 Å². The van der Waals surface area contributed by atoms with Gasteiger partial charge in [0.25, 0.3) is 0 Å². The Kier molecular flexibility index (Phi) is 5.55. The Labute approximate surface area is 127 Å². The van der Waals surface area contributed by atoms with Gasteiger partial charge in [-0.25, -0.2) is 0 Å². The van der Waals surface area contributed by atoms with Gasteiger partial charge in [-0.05, 0) is 18.9 Å². The van der Waals surface area contributed by atoms with Crippen molar-refractivity contribution in [2.45, 2.75) is 36.8 Å². The second-order valence-corrected chi connectivity index (χ2v) is 6.65. The van der Waals surface area contributed by atoms with E-state index in [-0.39, 0.29) is 5.91 Å². The molecule has 0 fully saturated rings. The molecule has 0 bridgehead atoms. The van der Waals surface area contributed by atoms with Crippen molar-refractivity contribution < 1.29 is 4.79 Å². The molecule has 6 heteroatoms. The van der Waals surface area contributed by atoms with Crippen molar-refractivity contribution >= 4 is 34.1 Å². The van der Waals surface area contributed by atoms with Gasteiger partial charge in [0.2, 0.25) is 11.0 Å². The fraction of sp³-hybridized carbons (Fsp3) is 0.357. The van der Waals surface area contributed by atoms with E-state index in [1.165, 1.54) is 22.5 Å². The van der Waals surface area contributed by atoms with Crippen molar-refractivity contribution in [2.75, 3.05) is 5.32 Å². The zero-order valence-corrected chi connectivity index (χ0v) is 13.2. The van der Waals surface area contributed by atoms with Gasteiger partial charge in [-0.2, -0.15) is 0 Å². The summed E-state index contributed by atoms with van der Waals surface area (Å²) in [6, 6.07) is 8.41. The lowest BCUT2D eigenvalue weighted by molar-refractivity contribution is -0.116. The van der Waals surface area contributed by atoms with Crippen molar-refractivity contribution in [3.8, 4) is 0 Å². The van der Waals surface area contributed by atoms with E-state index in [1.54, 1.807) is 11.8 Å². The maximum absolute atomic E-state index is 11.5. The first kappa shape index (κ1) is 15.0. The van der Waals surface area contributed by atoms with Crippen LogP contribution in [0.15, 0.2) is 28.6 Å². The molecule has 106 valence electrons. The average molecular weight is 307 g/mol. The molecule has 0 aliphatic rings. The summed E-state index contributed by atoms with van der Waals surface area (Å²) < 4.78 is 0.873. The minimum Gasteiger partial charge on any atom is -0.301 e. The van der Waals surface area contributed by atoms with E-state index < -0.39 is 0 Å². The van der Waals surface area contributed by atoms with Crippen LogP contribution in [0.4, 0.5) is 5.13 Å². The van der Waals surface area contributed by atoms with Crippen LogP contribution in [0, 0.1) is 6.92 Å². The first-order valence-corrected chi connectivity index (χ1v) is 8.29. The molecule has 1 amide bonds. The zero-order valence-electron chi connectivity index (χ0n) is 11.5. The molecule has 2 rings (SSSR count). The summed E-state index contributed by atoms with van der Waals surface area (Å²) in [6.45, 7) is 4.06. The first-order chi connectivity index (χ1) is 9.67. The largest absolute Gasteiger partial charge is 0.301 e. The molecule has 2 aromatic rings. The lowest BCUT2D eigenvalue weighted by Gasteiger charge is -1.99. The first-order valence-electron chi connectivity index (χ1n) is 6.49. The number of anilines is 1. The standard InChI is InChI=1S/C14H17N3OS2/c1-3-5-12(18)15-13-16-17-14(20-13)19-9-11-7-4-6-10(2)8-11/h4,6-8H,3,5,9H2,1-2H3,(H,15,16,18). The Morgan fingerprint density at radius 2 is 2.25 bits per heavy atom. The summed E-state index contributed by atoms with van der Waals surface area (Å²) in [4.78, 5) is 11.5. The lowest BCUT2D eigenvalue weighted by atomic mass is 10.2. The number of aromatic nitrogens is 2. The highest BCUT2D eigenvalue weighted by Crippen LogP contribution is 2.28. The Hall–Kier alpha value is -1.40. The number of nitrogens with one attached hydrogen (secondary N) is 1. The van der Waals surface area contributed by atoms with Crippen LogP contribution >= 0.6 is 23.1 Å². The summed E-state index contributed by atoms with van der Waals surface area (Å²) in [5.41, 5.74) is 2.52. The predicted octanol–water partition coefficient (Wildman–Crippen LogP) is 3.88. The van der Waals surface area contributed by atoms with Gasteiger partial charge >= 0.3 is 0 Å². The molecule has 0 spiro atoms. The summed E-state index contributed by atoms with van der Waals surface area (Å²) >= 11 is 3.06. The highest BCUT2D eigenvalue weighted by molar-refractivity contribution is 8.00. The normalized spacial score (nSPS) is 10.5. The van der Waals surface area contributed by atoms with Crippen LogP contribution in [-0.2, 0) is 10.5 Å². The predicted molar refractivity (Wildman–Crippen MR) is 84.2 cm³/mol. The molecule has 0 atom stereocenters. The quantitative estimate of drug-likeness (QED) is 0.650. The number of carbonyl (C=O) groups is 1. The Morgan fingerprint density at radius 1 is 1.40 bits per heavy atom. The highest BCUT2D eigenvalue weighted by atomic mass is 32.2. The van der Waals surface area contributed by atoms with Gasteiger partial charge in [-0.3, -0.25) is 4.79 Å². The molecule has 0 saturated carbocycles. The minimum atomic E-state index is -0.00103. The van der Waals surface area contributed by atoms with Crippen molar-refractivity contribution in [2.24, 2.45) is 0 Å². The van der Waals surface area contributed by atoms with Crippen LogP contribution in [0.3, 0.4) is 0 Å². The van der Waals surface area contributed by atoms with E-state index in [0.717, 1.165) is 16.5 Å². The van der Waals surface area contributed by atoms with Gasteiger partial charge in [0.05, 0.1) is 0 Å². The number of aryl methyl sites for hydroxylation is 1. The number of hydrogen-bond acceptors (Lipinski definition) is 5. The third-order valence-corrected chi connectivity index (χ3v) is 4.62. The van der Waals surface area contributed by atoms with Crippen molar-refractivity contribution in [3.63, 3.8) is 0 Å². The molecule has 1 aromatic carbocycles. The summed E-state index contributed by atoms with van der Waals surface area (Å²) in [7, 11) is 0. The van der Waals surface area contributed by atoms with Gasteiger partial charge in [-0.1, -0.05) is 59.9 Å². The molecule has 4 nitrogen and oxygen atoms in total. The number of rotatable bonds is 6. The average Bonchev–Trinajstić information content (AvgIpc) is 2.84. The molecule has 0 unspecified atom stereocenters. The topological polar surface area (TPSA) is 54.9 Å². The number of amides is 1. The van der Waals surface area contributed by atoms with Crippen molar-refractivity contribution in [1.29, 1.82) is 0 Å². The Balaban J connectivity index is 1.88. The van der Waals surface area contributed by atoms with Crippen LogP contribution in [0.25, 0.3) is 0 Å². The van der Waals surface area contributed by atoms with Crippen LogP contribution in [0.2, 0.25) is 0 Å². The van der Waals surface area contributed by atoms with Gasteiger partial charge in [0.1, 0.15) is 0 Å². The van der Waals surface area contributed by atoms with Crippen LogP contribution < -0.4 is 5.32 Å². The number of benzene rings is 1. The number of thioether (sulfide) groups is 1. The van der Waals surface area contributed by atoms with Gasteiger partial charge in [-0.15, -0.1) is 10.2 Å². The van der Waals surface area contributed by atoms with E-state index >= 15 is 0 Å². The minimum absolute atomic E-state index is 0.00103. The second-order valence-electron chi connectivity index (χ2n) is 4.45. The third kappa shape index (κ3) is 4.61. The van der Waals surface area contributed by atoms with E-state index in [4.69, 9.17) is 0 Å². The van der Waals surface area contributed by atoms with Crippen molar-refractivity contribution in [3.05, 3.63) is 35.4 Å². The molecule has 0 aliphatic carbocycles. The summed E-state index contributed by atoms with van der Waals surface area (Å²) in [5, 5.41) is 11.4. The van der Waals surface area contributed by atoms with Gasteiger partial charge < -0.3 is 5.32 Å². The SMILES string of the molecule is CCCC(=O)Nc1nnc(SCc2cccc(C)c2)s1. The second kappa shape index (κ2) is 7.40. The summed E-state index contributed by atoms with van der Waals surface area (Å²) in [6.07, 6.45) is 1.35. The molecular formula is C14H17N3OS2. The zero-order chi connectivity index (χ0) is 14.4. The third-order valence-electron chi connectivity index (χ3n) is 2.57.